The van der Waals surface area contributed by atoms with E-state index < -0.39 is 4.92 Å². The van der Waals surface area contributed by atoms with E-state index in [4.69, 9.17) is 0 Å². The van der Waals surface area contributed by atoms with Crippen LogP contribution in [0, 0.1) is 22.2 Å². The van der Waals surface area contributed by atoms with E-state index in [9.17, 15) is 15.3 Å². The van der Waals surface area contributed by atoms with Gasteiger partial charge in [0.05, 0.1) is 11.3 Å². The minimum Gasteiger partial charge on any atom is -0.711 e. The molecule has 18 heavy (non-hydrogen) atoms. The van der Waals surface area contributed by atoms with Crippen molar-refractivity contribution in [1.82, 2.24) is 4.98 Å². The maximum absolute atomic E-state index is 11.6. The van der Waals surface area contributed by atoms with Crippen molar-refractivity contribution in [2.75, 3.05) is 0 Å². The number of hydrogen-bond acceptors (Lipinski definition) is 4. The summed E-state index contributed by atoms with van der Waals surface area (Å²) in [6.07, 6.45) is 3.42. The van der Waals surface area contributed by atoms with Gasteiger partial charge in [0.1, 0.15) is 12.4 Å². The molecular formula is C12H11N3O3. The summed E-state index contributed by atoms with van der Waals surface area (Å²) in [5, 5.41) is 22.1. The molecule has 0 fully saturated rings. The molecule has 2 aromatic rings. The Kier molecular flexibility index (Phi) is 3.18. The third kappa shape index (κ3) is 2.60. The average Bonchev–Trinajstić information content (AvgIpc) is 2.33. The van der Waals surface area contributed by atoms with Crippen molar-refractivity contribution < 1.29 is 9.65 Å². The lowest BCUT2D eigenvalue weighted by molar-refractivity contribution is -0.617. The van der Waals surface area contributed by atoms with Crippen LogP contribution in [0.2, 0.25) is 0 Å². The number of benzene rings is 1. The first-order valence-corrected chi connectivity index (χ1v) is 5.34. The predicted octanol–water partition coefficient (Wildman–Crippen LogP) is 1.52. The minimum atomic E-state index is -0.457. The molecule has 0 saturated carbocycles. The molecule has 0 bridgehead atoms. The van der Waals surface area contributed by atoms with Gasteiger partial charge in [-0.3, -0.25) is 10.1 Å². The maximum Gasteiger partial charge on any atom is 0.305 e. The van der Waals surface area contributed by atoms with Crippen molar-refractivity contribution in [2.45, 2.75) is 13.3 Å². The zero-order valence-electron chi connectivity index (χ0n) is 9.74. The highest BCUT2D eigenvalue weighted by molar-refractivity contribution is 5.33. The molecule has 0 N–H and O–H groups in total. The van der Waals surface area contributed by atoms with Crippen molar-refractivity contribution in [3.63, 3.8) is 0 Å². The summed E-state index contributed by atoms with van der Waals surface area (Å²) in [6, 6.07) is 6.08. The van der Waals surface area contributed by atoms with Gasteiger partial charge in [-0.15, -0.1) is 0 Å². The van der Waals surface area contributed by atoms with Gasteiger partial charge >= 0.3 is 5.82 Å². The van der Waals surface area contributed by atoms with Crippen LogP contribution >= 0.6 is 0 Å². The summed E-state index contributed by atoms with van der Waals surface area (Å²) in [6.45, 7) is 1.79. The zero-order chi connectivity index (χ0) is 13.1. The van der Waals surface area contributed by atoms with Crippen LogP contribution in [0.4, 0.5) is 5.69 Å². The van der Waals surface area contributed by atoms with Crippen LogP contribution in [0.3, 0.4) is 0 Å². The summed E-state index contributed by atoms with van der Waals surface area (Å²) < 4.78 is 0.719. The highest BCUT2D eigenvalue weighted by Crippen LogP contribution is 2.13. The molecule has 6 nitrogen and oxygen atoms in total. The van der Waals surface area contributed by atoms with Crippen molar-refractivity contribution in [1.29, 1.82) is 0 Å². The molecule has 2 rings (SSSR count). The van der Waals surface area contributed by atoms with Crippen molar-refractivity contribution >= 4 is 5.69 Å². The monoisotopic (exact) mass is 245 g/mol. The summed E-state index contributed by atoms with van der Waals surface area (Å²) in [5.41, 5.74) is 1.63. The van der Waals surface area contributed by atoms with E-state index in [0.29, 0.717) is 12.2 Å². The molecule has 92 valence electrons. The normalized spacial score (nSPS) is 10.3. The number of aryl methyl sites for hydroxylation is 1. The smallest absolute Gasteiger partial charge is 0.305 e. The largest absolute Gasteiger partial charge is 0.711 e. The zero-order valence-corrected chi connectivity index (χ0v) is 9.74. The number of nitro benzene ring substituents is 1. The number of nitrogens with zero attached hydrogens (tertiary/aromatic N) is 3. The molecule has 0 aliphatic rings. The van der Waals surface area contributed by atoms with Crippen molar-refractivity contribution in [2.24, 2.45) is 0 Å². The van der Waals surface area contributed by atoms with Crippen LogP contribution in [0.15, 0.2) is 36.7 Å². The van der Waals surface area contributed by atoms with E-state index in [1.807, 2.05) is 0 Å². The molecule has 1 aromatic heterocycles. The Morgan fingerprint density at radius 3 is 2.56 bits per heavy atom. The molecule has 0 aliphatic heterocycles. The SMILES string of the molecule is Cc1cnc(Cc2ccc([N+](=O)[O-])cc2)[n+]([O-])c1. The topological polar surface area (TPSA) is 83.0 Å². The van der Waals surface area contributed by atoms with Crippen LogP contribution in [0.25, 0.3) is 0 Å². The molecule has 0 amide bonds. The van der Waals surface area contributed by atoms with Crippen LogP contribution < -0.4 is 4.73 Å². The van der Waals surface area contributed by atoms with Gasteiger partial charge in [-0.2, -0.15) is 0 Å². The van der Waals surface area contributed by atoms with Gasteiger partial charge in [0, 0.05) is 17.7 Å². The van der Waals surface area contributed by atoms with Gasteiger partial charge in [-0.05, 0) is 12.5 Å². The Hall–Kier alpha value is -2.50. The second kappa shape index (κ2) is 4.79. The number of hydrogen-bond donors (Lipinski definition) is 0. The van der Waals surface area contributed by atoms with Crippen LogP contribution in [0.5, 0.6) is 0 Å². The predicted molar refractivity (Wildman–Crippen MR) is 63.8 cm³/mol. The number of non-ortho nitro benzene ring substituents is 1. The summed E-state index contributed by atoms with van der Waals surface area (Å²) in [4.78, 5) is 14.1. The van der Waals surface area contributed by atoms with Crippen LogP contribution in [-0.2, 0) is 6.42 Å². The van der Waals surface area contributed by atoms with Crippen LogP contribution in [0.1, 0.15) is 17.0 Å². The summed E-state index contributed by atoms with van der Waals surface area (Å²) in [7, 11) is 0. The van der Waals surface area contributed by atoms with Crippen LogP contribution in [-0.4, -0.2) is 9.91 Å². The number of aromatic nitrogens is 2. The molecule has 0 saturated heterocycles. The quantitative estimate of drug-likeness (QED) is 0.355. The lowest BCUT2D eigenvalue weighted by Crippen LogP contribution is -2.33. The molecule has 0 unspecified atom stereocenters. The molecular weight excluding hydrogens is 234 g/mol. The Morgan fingerprint density at radius 2 is 2.00 bits per heavy atom. The lowest BCUT2D eigenvalue weighted by Gasteiger charge is -2.05. The minimum absolute atomic E-state index is 0.0330. The van der Waals surface area contributed by atoms with E-state index in [1.54, 1.807) is 25.3 Å². The third-order valence-corrected chi connectivity index (χ3v) is 2.50. The van der Waals surface area contributed by atoms with Gasteiger partial charge in [-0.25, -0.2) is 4.73 Å². The molecule has 6 heteroatoms. The van der Waals surface area contributed by atoms with E-state index in [2.05, 4.69) is 4.98 Å². The van der Waals surface area contributed by atoms with Gasteiger partial charge in [0.15, 0.2) is 0 Å². The highest BCUT2D eigenvalue weighted by atomic mass is 16.6. The fraction of sp³-hybridized carbons (Fsp3) is 0.167. The Bertz CT molecular complexity index is 582. The molecule has 0 radical (unpaired) electrons. The molecule has 0 aliphatic carbocycles. The molecule has 0 atom stereocenters. The second-order valence-corrected chi connectivity index (χ2v) is 3.97. The van der Waals surface area contributed by atoms with Gasteiger partial charge in [0.2, 0.25) is 0 Å². The van der Waals surface area contributed by atoms with E-state index in [-0.39, 0.29) is 5.69 Å². The average molecular weight is 245 g/mol. The fourth-order valence-corrected chi connectivity index (χ4v) is 1.57. The Balaban J connectivity index is 2.21. The van der Waals surface area contributed by atoms with E-state index in [0.717, 1.165) is 15.9 Å². The van der Waals surface area contributed by atoms with E-state index in [1.165, 1.54) is 18.3 Å². The van der Waals surface area contributed by atoms with Gasteiger partial charge in [0.25, 0.3) is 5.69 Å². The standard InChI is InChI=1S/C12H11N3O3/c1-9-7-13-12(14(16)8-9)6-10-2-4-11(5-3-10)15(17)18/h2-5,7-8H,6H2,1H3. The Morgan fingerprint density at radius 1 is 1.33 bits per heavy atom. The summed E-state index contributed by atoms with van der Waals surface area (Å²) >= 11 is 0. The molecule has 1 heterocycles. The first-order valence-electron chi connectivity index (χ1n) is 5.34. The van der Waals surface area contributed by atoms with Crippen molar-refractivity contribution in [3.05, 3.63) is 68.9 Å². The first kappa shape index (κ1) is 12.0. The fourth-order valence-electron chi connectivity index (χ4n) is 1.57. The van der Waals surface area contributed by atoms with E-state index >= 15 is 0 Å². The van der Waals surface area contributed by atoms with Crippen molar-refractivity contribution in [3.8, 4) is 0 Å². The molecule has 0 spiro atoms. The first-order chi connectivity index (χ1) is 8.56. The Labute approximate surface area is 103 Å². The second-order valence-electron chi connectivity index (χ2n) is 3.97. The summed E-state index contributed by atoms with van der Waals surface area (Å²) in [5.74, 6) is 0.370. The molecule has 1 aromatic carbocycles. The maximum atomic E-state index is 11.6. The van der Waals surface area contributed by atoms with Gasteiger partial charge in [-0.1, -0.05) is 17.1 Å². The highest BCUT2D eigenvalue weighted by Gasteiger charge is 2.10. The number of rotatable bonds is 3. The third-order valence-electron chi connectivity index (χ3n) is 2.50. The van der Waals surface area contributed by atoms with Gasteiger partial charge < -0.3 is 5.21 Å². The lowest BCUT2D eigenvalue weighted by atomic mass is 10.1. The number of nitro groups is 1.